The van der Waals surface area contributed by atoms with Gasteiger partial charge in [0.2, 0.25) is 0 Å². The molecule has 0 aliphatic carbocycles. The Bertz CT molecular complexity index is 698. The molecule has 1 aromatic rings. The molecular weight excluding hydrogens is 394 g/mol. The number of thiophene rings is 1. The molecular formula is C17H29ClN3O3S2+. The van der Waals surface area contributed by atoms with E-state index < -0.39 is 10.0 Å². The van der Waals surface area contributed by atoms with Crippen LogP contribution in [0.25, 0.3) is 0 Å². The SMILES string of the molecule is CC(C)CC[C@@H](C)NC(=O)C[NH+]1CCN(S(=O)(=O)c2ccc(Cl)s2)CC1. The molecule has 0 bridgehead atoms. The molecule has 26 heavy (non-hydrogen) atoms. The first-order valence-electron chi connectivity index (χ1n) is 9.07. The van der Waals surface area contributed by atoms with Crippen LogP contribution in [0.3, 0.4) is 0 Å². The van der Waals surface area contributed by atoms with Crippen LogP contribution < -0.4 is 10.2 Å². The first kappa shape index (κ1) is 21.6. The third-order valence-corrected chi connectivity index (χ3v) is 8.16. The molecule has 0 aromatic carbocycles. The van der Waals surface area contributed by atoms with E-state index in [0.29, 0.717) is 43.0 Å². The highest BCUT2D eigenvalue weighted by molar-refractivity contribution is 7.91. The molecule has 2 N–H and O–H groups in total. The predicted octanol–water partition coefficient (Wildman–Crippen LogP) is 1.23. The van der Waals surface area contributed by atoms with Crippen molar-refractivity contribution in [3.8, 4) is 0 Å². The summed E-state index contributed by atoms with van der Waals surface area (Å²) in [6, 6.07) is 3.33. The second-order valence-electron chi connectivity index (χ2n) is 7.33. The van der Waals surface area contributed by atoms with Crippen molar-refractivity contribution in [1.29, 1.82) is 0 Å². The fraction of sp³-hybridized carbons (Fsp3) is 0.706. The zero-order valence-electron chi connectivity index (χ0n) is 15.6. The average molecular weight is 423 g/mol. The number of halogens is 1. The molecule has 0 unspecified atom stereocenters. The number of carbonyl (C=O) groups is 1. The van der Waals surface area contributed by atoms with E-state index in [2.05, 4.69) is 19.2 Å². The fourth-order valence-corrected chi connectivity index (χ4v) is 6.07. The van der Waals surface area contributed by atoms with Crippen LogP contribution in [-0.2, 0) is 14.8 Å². The maximum atomic E-state index is 12.6. The lowest BCUT2D eigenvalue weighted by Gasteiger charge is -2.31. The second-order valence-corrected chi connectivity index (χ2v) is 11.2. The van der Waals surface area contributed by atoms with E-state index in [-0.39, 0.29) is 16.2 Å². The Morgan fingerprint density at radius 1 is 1.27 bits per heavy atom. The molecule has 2 rings (SSSR count). The number of rotatable bonds is 8. The predicted molar refractivity (Wildman–Crippen MR) is 105 cm³/mol. The monoisotopic (exact) mass is 422 g/mol. The normalized spacial score (nSPS) is 18.2. The second kappa shape index (κ2) is 9.50. The summed E-state index contributed by atoms with van der Waals surface area (Å²) >= 11 is 6.93. The topological polar surface area (TPSA) is 70.9 Å². The van der Waals surface area contributed by atoms with E-state index in [1.54, 1.807) is 12.1 Å². The number of hydrogen-bond acceptors (Lipinski definition) is 4. The summed E-state index contributed by atoms with van der Waals surface area (Å²) in [6.45, 7) is 8.88. The van der Waals surface area contributed by atoms with Crippen LogP contribution in [0.15, 0.2) is 16.3 Å². The van der Waals surface area contributed by atoms with Crippen LogP contribution in [0.5, 0.6) is 0 Å². The Labute approximate surface area is 165 Å². The molecule has 1 aromatic heterocycles. The molecule has 1 fully saturated rings. The average Bonchev–Trinajstić information content (AvgIpc) is 3.00. The van der Waals surface area contributed by atoms with Crippen LogP contribution in [-0.4, -0.2) is 57.4 Å². The number of amides is 1. The molecule has 1 saturated heterocycles. The number of nitrogens with one attached hydrogen (secondary N) is 2. The summed E-state index contributed by atoms with van der Waals surface area (Å²) in [5.74, 6) is 0.672. The first-order chi connectivity index (χ1) is 12.2. The fourth-order valence-electron chi connectivity index (χ4n) is 2.99. The Balaban J connectivity index is 1.78. The van der Waals surface area contributed by atoms with Gasteiger partial charge in [-0.3, -0.25) is 4.79 Å². The van der Waals surface area contributed by atoms with Crippen LogP contribution in [0.2, 0.25) is 4.34 Å². The molecule has 0 saturated carbocycles. The van der Waals surface area contributed by atoms with Crippen LogP contribution in [0.4, 0.5) is 0 Å². The molecule has 1 amide bonds. The maximum Gasteiger partial charge on any atom is 0.275 e. The van der Waals surface area contributed by atoms with E-state index in [1.165, 1.54) is 4.31 Å². The van der Waals surface area contributed by atoms with E-state index in [0.717, 1.165) is 29.1 Å². The van der Waals surface area contributed by atoms with Crippen molar-refractivity contribution >= 4 is 38.9 Å². The smallest absolute Gasteiger partial charge is 0.275 e. The van der Waals surface area contributed by atoms with Gasteiger partial charge in [0.15, 0.2) is 6.54 Å². The zero-order valence-corrected chi connectivity index (χ0v) is 18.0. The summed E-state index contributed by atoms with van der Waals surface area (Å²) in [7, 11) is -3.47. The molecule has 0 spiro atoms. The molecule has 0 radical (unpaired) electrons. The lowest BCUT2D eigenvalue weighted by Crippen LogP contribution is -3.15. The van der Waals surface area contributed by atoms with Gasteiger partial charge in [-0.2, -0.15) is 4.31 Å². The third-order valence-electron chi connectivity index (χ3n) is 4.57. The minimum Gasteiger partial charge on any atom is -0.349 e. The quantitative estimate of drug-likeness (QED) is 0.662. The lowest BCUT2D eigenvalue weighted by atomic mass is 10.0. The van der Waals surface area contributed by atoms with Gasteiger partial charge < -0.3 is 10.2 Å². The molecule has 1 atom stereocenters. The van der Waals surface area contributed by atoms with Gasteiger partial charge in [-0.05, 0) is 37.8 Å². The Morgan fingerprint density at radius 2 is 1.92 bits per heavy atom. The number of hydrogen-bond donors (Lipinski definition) is 2. The van der Waals surface area contributed by atoms with Crippen molar-refractivity contribution in [1.82, 2.24) is 9.62 Å². The van der Waals surface area contributed by atoms with E-state index in [9.17, 15) is 13.2 Å². The van der Waals surface area contributed by atoms with Gasteiger partial charge in [0.1, 0.15) is 4.21 Å². The van der Waals surface area contributed by atoms with Crippen LogP contribution in [0.1, 0.15) is 33.6 Å². The number of piperazine rings is 1. The summed E-state index contributed by atoms with van der Waals surface area (Å²) in [5, 5.41) is 3.05. The highest BCUT2D eigenvalue weighted by Gasteiger charge is 2.32. The minimum atomic E-state index is -3.47. The summed E-state index contributed by atoms with van der Waals surface area (Å²) in [6.07, 6.45) is 2.08. The van der Waals surface area contributed by atoms with Crippen molar-refractivity contribution in [2.75, 3.05) is 32.7 Å². The standard InChI is InChI=1S/C17H28ClN3O3S2/c1-13(2)4-5-14(3)19-16(22)12-20-8-10-21(11-9-20)26(23,24)17-7-6-15(18)25-17/h6-7,13-14H,4-5,8-12H2,1-3H3,(H,19,22)/p+1/t14-/m1/s1. The zero-order chi connectivity index (χ0) is 19.3. The lowest BCUT2D eigenvalue weighted by molar-refractivity contribution is -0.895. The Kier molecular flexibility index (Phi) is 7.90. The van der Waals surface area contributed by atoms with Crippen molar-refractivity contribution in [3.05, 3.63) is 16.5 Å². The molecule has 9 heteroatoms. The van der Waals surface area contributed by atoms with Crippen LogP contribution >= 0.6 is 22.9 Å². The Hall–Kier alpha value is -0.670. The summed E-state index contributed by atoms with van der Waals surface area (Å²) < 4.78 is 27.4. The molecule has 1 aliphatic heterocycles. The van der Waals surface area contributed by atoms with Crippen molar-refractivity contribution in [2.45, 2.75) is 43.9 Å². The van der Waals surface area contributed by atoms with E-state index in [4.69, 9.17) is 11.6 Å². The highest BCUT2D eigenvalue weighted by Crippen LogP contribution is 2.27. The van der Waals surface area contributed by atoms with Gasteiger partial charge in [0.05, 0.1) is 30.5 Å². The van der Waals surface area contributed by atoms with Gasteiger partial charge in [-0.15, -0.1) is 11.3 Å². The van der Waals surface area contributed by atoms with Gasteiger partial charge >= 0.3 is 0 Å². The minimum absolute atomic E-state index is 0.0394. The number of quaternary nitrogens is 1. The van der Waals surface area contributed by atoms with Gasteiger partial charge in [0, 0.05) is 6.04 Å². The third kappa shape index (κ3) is 6.20. The van der Waals surface area contributed by atoms with Crippen molar-refractivity contribution in [3.63, 3.8) is 0 Å². The van der Waals surface area contributed by atoms with Gasteiger partial charge in [-0.25, -0.2) is 8.42 Å². The van der Waals surface area contributed by atoms with Gasteiger partial charge in [0.25, 0.3) is 15.9 Å². The number of nitrogens with zero attached hydrogens (tertiary/aromatic N) is 1. The maximum absolute atomic E-state index is 12.6. The van der Waals surface area contributed by atoms with Crippen molar-refractivity contribution < 1.29 is 18.1 Å². The molecule has 1 aliphatic rings. The summed E-state index contributed by atoms with van der Waals surface area (Å²) in [4.78, 5) is 13.3. The van der Waals surface area contributed by atoms with E-state index in [1.807, 2.05) is 6.92 Å². The Morgan fingerprint density at radius 3 is 2.46 bits per heavy atom. The molecule has 148 valence electrons. The molecule has 6 nitrogen and oxygen atoms in total. The highest BCUT2D eigenvalue weighted by atomic mass is 35.5. The van der Waals surface area contributed by atoms with Gasteiger partial charge in [-0.1, -0.05) is 25.4 Å². The van der Waals surface area contributed by atoms with Crippen LogP contribution in [0, 0.1) is 5.92 Å². The molecule has 2 heterocycles. The summed E-state index contributed by atoms with van der Waals surface area (Å²) in [5.41, 5.74) is 0. The first-order valence-corrected chi connectivity index (χ1v) is 11.7. The number of sulfonamides is 1. The van der Waals surface area contributed by atoms with Crippen molar-refractivity contribution in [2.24, 2.45) is 5.92 Å². The largest absolute Gasteiger partial charge is 0.349 e. The van der Waals surface area contributed by atoms with E-state index >= 15 is 0 Å². The number of carbonyl (C=O) groups excluding carboxylic acids is 1.